The van der Waals surface area contributed by atoms with Crippen molar-refractivity contribution in [2.24, 2.45) is 10.7 Å². The minimum absolute atomic E-state index is 0.210. The average Bonchev–Trinajstić information content (AvgIpc) is 3.17. The van der Waals surface area contributed by atoms with E-state index < -0.39 is 17.9 Å². The van der Waals surface area contributed by atoms with Crippen LogP contribution in [0.15, 0.2) is 63.5 Å². The summed E-state index contributed by atoms with van der Waals surface area (Å²) >= 11 is 1.24. The molecule has 0 spiro atoms. The molecule has 198 valence electrons. The van der Waals surface area contributed by atoms with Crippen molar-refractivity contribution in [2.45, 2.75) is 33.7 Å². The molecule has 1 aromatic heterocycles. The molecule has 0 radical (unpaired) electrons. The number of benzene rings is 2. The number of nitrogens with two attached hydrogens (primary N) is 1. The van der Waals surface area contributed by atoms with Crippen molar-refractivity contribution < 1.29 is 23.8 Å². The highest BCUT2D eigenvalue weighted by molar-refractivity contribution is 7.07. The number of carbonyl (C=O) groups excluding carboxylic acids is 2. The number of primary amides is 1. The van der Waals surface area contributed by atoms with Crippen molar-refractivity contribution >= 4 is 29.3 Å². The second kappa shape index (κ2) is 11.5. The first kappa shape index (κ1) is 26.9. The standard InChI is InChI=1S/C28H29N3O6S/c1-5-35-21-13-18(9-12-20(21)37-15-23(29)32)14-22-26(33)31-25(19-10-7-16(3)8-11-19)24(27(34)36-6-2)17(4)30-28(31)38-22/h7-14,25H,5-6,15H2,1-4H3,(H2,29,32)/b22-14+/t25-/m0/s1. The van der Waals surface area contributed by atoms with E-state index in [1.54, 1.807) is 42.7 Å². The first-order chi connectivity index (χ1) is 18.2. The molecule has 0 saturated heterocycles. The number of fused-ring (bicyclic) bond motifs is 1. The summed E-state index contributed by atoms with van der Waals surface area (Å²) in [6, 6.07) is 12.2. The van der Waals surface area contributed by atoms with Crippen LogP contribution in [0.5, 0.6) is 11.5 Å². The van der Waals surface area contributed by atoms with Crippen LogP contribution in [-0.2, 0) is 14.3 Å². The number of hydrogen-bond donors (Lipinski definition) is 1. The van der Waals surface area contributed by atoms with Crippen molar-refractivity contribution in [3.63, 3.8) is 0 Å². The molecule has 0 saturated carbocycles. The van der Waals surface area contributed by atoms with Gasteiger partial charge in [-0.15, -0.1) is 0 Å². The van der Waals surface area contributed by atoms with Gasteiger partial charge < -0.3 is 19.9 Å². The maximum Gasteiger partial charge on any atom is 0.338 e. The predicted octanol–water partition coefficient (Wildman–Crippen LogP) is 2.37. The van der Waals surface area contributed by atoms with Crippen molar-refractivity contribution in [2.75, 3.05) is 19.8 Å². The van der Waals surface area contributed by atoms with Crippen molar-refractivity contribution in [1.82, 2.24) is 4.57 Å². The van der Waals surface area contributed by atoms with E-state index in [0.29, 0.717) is 44.3 Å². The van der Waals surface area contributed by atoms with Crippen molar-refractivity contribution in [3.05, 3.63) is 90.1 Å². The summed E-state index contributed by atoms with van der Waals surface area (Å²) in [6.45, 7) is 7.61. The van der Waals surface area contributed by atoms with E-state index in [2.05, 4.69) is 4.99 Å². The largest absolute Gasteiger partial charge is 0.490 e. The Morgan fingerprint density at radius 3 is 2.45 bits per heavy atom. The van der Waals surface area contributed by atoms with E-state index in [9.17, 15) is 14.4 Å². The lowest BCUT2D eigenvalue weighted by molar-refractivity contribution is -0.139. The quantitative estimate of drug-likeness (QED) is 0.420. The van der Waals surface area contributed by atoms with Gasteiger partial charge in [-0.25, -0.2) is 9.79 Å². The summed E-state index contributed by atoms with van der Waals surface area (Å²) in [5, 5.41) is 0. The smallest absolute Gasteiger partial charge is 0.338 e. The lowest BCUT2D eigenvalue weighted by Crippen LogP contribution is -2.39. The molecule has 0 fully saturated rings. The number of amides is 1. The number of rotatable bonds is 9. The third kappa shape index (κ3) is 5.55. The Kier molecular flexibility index (Phi) is 8.11. The second-order valence-electron chi connectivity index (χ2n) is 8.61. The molecule has 1 amide bonds. The molecule has 3 aromatic rings. The molecule has 1 aliphatic rings. The molecule has 2 aromatic carbocycles. The first-order valence-electron chi connectivity index (χ1n) is 12.2. The number of aryl methyl sites for hydroxylation is 1. The minimum atomic E-state index is -0.670. The minimum Gasteiger partial charge on any atom is -0.490 e. The van der Waals surface area contributed by atoms with E-state index >= 15 is 0 Å². The van der Waals surface area contributed by atoms with Crippen LogP contribution in [-0.4, -0.2) is 36.3 Å². The van der Waals surface area contributed by atoms with Gasteiger partial charge in [0.15, 0.2) is 22.9 Å². The molecule has 0 aliphatic carbocycles. The molecule has 0 unspecified atom stereocenters. The molecule has 38 heavy (non-hydrogen) atoms. The van der Waals surface area contributed by atoms with Crippen LogP contribution >= 0.6 is 11.3 Å². The van der Waals surface area contributed by atoms with E-state index in [1.807, 2.05) is 38.1 Å². The van der Waals surface area contributed by atoms with Gasteiger partial charge in [-0.3, -0.25) is 14.2 Å². The van der Waals surface area contributed by atoms with Crippen LogP contribution in [0.3, 0.4) is 0 Å². The van der Waals surface area contributed by atoms with Gasteiger partial charge in [-0.1, -0.05) is 47.2 Å². The number of carbonyl (C=O) groups is 2. The fourth-order valence-electron chi connectivity index (χ4n) is 4.16. The molecule has 2 N–H and O–H groups in total. The highest BCUT2D eigenvalue weighted by Crippen LogP contribution is 2.31. The van der Waals surface area contributed by atoms with E-state index in [-0.39, 0.29) is 18.8 Å². The molecule has 4 rings (SSSR count). The van der Waals surface area contributed by atoms with Gasteiger partial charge in [-0.05, 0) is 57.0 Å². The Balaban J connectivity index is 1.85. The Hall–Kier alpha value is -4.18. The summed E-state index contributed by atoms with van der Waals surface area (Å²) in [7, 11) is 0. The lowest BCUT2D eigenvalue weighted by Gasteiger charge is -2.24. The van der Waals surface area contributed by atoms with Crippen LogP contribution in [0.4, 0.5) is 0 Å². The summed E-state index contributed by atoms with van der Waals surface area (Å²) < 4.78 is 18.4. The van der Waals surface area contributed by atoms with E-state index in [1.165, 1.54) is 11.3 Å². The van der Waals surface area contributed by atoms with Crippen LogP contribution in [0.2, 0.25) is 0 Å². The number of esters is 1. The Bertz CT molecular complexity index is 1580. The number of aromatic nitrogens is 1. The van der Waals surface area contributed by atoms with Gasteiger partial charge in [0.25, 0.3) is 11.5 Å². The number of hydrogen-bond acceptors (Lipinski definition) is 8. The van der Waals surface area contributed by atoms with Gasteiger partial charge in [0.2, 0.25) is 0 Å². The first-order valence-corrected chi connectivity index (χ1v) is 13.0. The molecular formula is C28H29N3O6S. The number of thiazole rings is 1. The maximum atomic E-state index is 13.8. The molecular weight excluding hydrogens is 506 g/mol. The van der Waals surface area contributed by atoms with Crippen molar-refractivity contribution in [3.8, 4) is 11.5 Å². The predicted molar refractivity (Wildman–Crippen MR) is 144 cm³/mol. The normalized spacial score (nSPS) is 15.1. The van der Waals surface area contributed by atoms with Crippen LogP contribution in [0, 0.1) is 6.92 Å². The average molecular weight is 536 g/mol. The molecule has 2 heterocycles. The van der Waals surface area contributed by atoms with Gasteiger partial charge in [0.05, 0.1) is 35.1 Å². The lowest BCUT2D eigenvalue weighted by atomic mass is 9.95. The highest BCUT2D eigenvalue weighted by Gasteiger charge is 2.33. The van der Waals surface area contributed by atoms with Gasteiger partial charge in [-0.2, -0.15) is 0 Å². The van der Waals surface area contributed by atoms with Gasteiger partial charge in [0.1, 0.15) is 0 Å². The summed E-state index contributed by atoms with van der Waals surface area (Å²) in [5.74, 6) is -0.300. The van der Waals surface area contributed by atoms with Gasteiger partial charge in [0, 0.05) is 0 Å². The molecule has 1 atom stereocenters. The molecule has 1 aliphatic heterocycles. The fraction of sp³-hybridized carbons (Fsp3) is 0.286. The fourth-order valence-corrected chi connectivity index (χ4v) is 5.20. The summed E-state index contributed by atoms with van der Waals surface area (Å²) in [6.07, 6.45) is 1.74. The van der Waals surface area contributed by atoms with E-state index in [0.717, 1.165) is 11.1 Å². The number of allylic oxidation sites excluding steroid dienone is 1. The second-order valence-corrected chi connectivity index (χ2v) is 9.62. The molecule has 9 nitrogen and oxygen atoms in total. The Labute approximate surface area is 223 Å². The topological polar surface area (TPSA) is 122 Å². The molecule has 0 bridgehead atoms. The van der Waals surface area contributed by atoms with Crippen LogP contribution in [0.25, 0.3) is 6.08 Å². The zero-order valence-electron chi connectivity index (χ0n) is 21.6. The maximum absolute atomic E-state index is 13.8. The third-order valence-corrected chi connectivity index (χ3v) is 6.83. The van der Waals surface area contributed by atoms with Crippen LogP contribution in [0.1, 0.15) is 43.5 Å². The number of nitrogens with zero attached hydrogens (tertiary/aromatic N) is 2. The highest BCUT2D eigenvalue weighted by atomic mass is 32.1. The third-order valence-electron chi connectivity index (χ3n) is 5.85. The monoisotopic (exact) mass is 535 g/mol. The summed E-state index contributed by atoms with van der Waals surface area (Å²) in [4.78, 5) is 43.0. The zero-order chi connectivity index (χ0) is 27.4. The van der Waals surface area contributed by atoms with Crippen LogP contribution < -0.4 is 30.1 Å². The van der Waals surface area contributed by atoms with E-state index in [4.69, 9.17) is 19.9 Å². The number of ether oxygens (including phenoxy) is 3. The summed E-state index contributed by atoms with van der Waals surface area (Å²) in [5.41, 5.74) is 8.30. The SMILES string of the molecule is CCOC(=O)C1=C(C)N=c2s/c(=C/c3ccc(OCC(N)=O)c(OCC)c3)c(=O)n2[C@H]1c1ccc(C)cc1. The van der Waals surface area contributed by atoms with Gasteiger partial charge >= 0.3 is 5.97 Å². The Morgan fingerprint density at radius 2 is 1.79 bits per heavy atom. The Morgan fingerprint density at radius 1 is 1.05 bits per heavy atom. The van der Waals surface area contributed by atoms with Crippen molar-refractivity contribution in [1.29, 1.82) is 0 Å². The zero-order valence-corrected chi connectivity index (χ0v) is 22.5. The molecule has 10 heteroatoms.